The lowest BCUT2D eigenvalue weighted by molar-refractivity contribution is 0.183. The van der Waals surface area contributed by atoms with E-state index in [2.05, 4.69) is 4.98 Å². The number of ether oxygens (including phenoxy) is 1. The Morgan fingerprint density at radius 2 is 2.42 bits per heavy atom. The van der Waals surface area contributed by atoms with E-state index in [4.69, 9.17) is 16.3 Å². The summed E-state index contributed by atoms with van der Waals surface area (Å²) in [5, 5.41) is 0. The molecular formula is C7H14N4O. The highest BCUT2D eigenvalue weighted by atomic mass is 16.5. The van der Waals surface area contributed by atoms with Gasteiger partial charge in [-0.2, -0.15) is 0 Å². The number of anilines is 1. The van der Waals surface area contributed by atoms with Gasteiger partial charge in [0.05, 0.1) is 12.3 Å². The van der Waals surface area contributed by atoms with Crippen molar-refractivity contribution < 1.29 is 4.74 Å². The zero-order valence-electron chi connectivity index (χ0n) is 7.32. The lowest BCUT2D eigenvalue weighted by Crippen LogP contribution is -2.12. The van der Waals surface area contributed by atoms with Gasteiger partial charge in [-0.1, -0.05) is 6.92 Å². The van der Waals surface area contributed by atoms with Gasteiger partial charge in [-0.3, -0.25) is 0 Å². The maximum atomic E-state index is 5.65. The number of rotatable bonds is 3. The van der Waals surface area contributed by atoms with Gasteiger partial charge in [0.2, 0.25) is 0 Å². The molecule has 0 amide bonds. The van der Waals surface area contributed by atoms with E-state index in [1.54, 1.807) is 7.11 Å². The number of methoxy groups -OCH3 is 1. The van der Waals surface area contributed by atoms with Gasteiger partial charge < -0.3 is 16.3 Å². The quantitative estimate of drug-likeness (QED) is 0.622. The highest BCUT2D eigenvalue weighted by molar-refractivity contribution is 5.38. The third kappa shape index (κ3) is 1.50. The van der Waals surface area contributed by atoms with Crippen molar-refractivity contribution in [3.63, 3.8) is 0 Å². The van der Waals surface area contributed by atoms with Crippen LogP contribution in [0.4, 0.5) is 5.82 Å². The number of aromatic nitrogens is 2. The molecule has 0 saturated heterocycles. The molecule has 5 nitrogen and oxygen atoms in total. The minimum absolute atomic E-state index is 0.180. The smallest absolute Gasteiger partial charge is 0.146 e. The van der Waals surface area contributed by atoms with Crippen LogP contribution in [-0.4, -0.2) is 23.4 Å². The standard InChI is InChI=1S/C7H14N4O/c1-5(3-12-2)6-7(8)11(9)4-10-6/h4-5H,3,8-9H2,1-2H3. The van der Waals surface area contributed by atoms with E-state index in [1.807, 2.05) is 6.92 Å². The third-order valence-electron chi connectivity index (χ3n) is 1.75. The molecule has 0 saturated carbocycles. The van der Waals surface area contributed by atoms with E-state index >= 15 is 0 Å². The van der Waals surface area contributed by atoms with Crippen molar-refractivity contribution in [2.75, 3.05) is 25.3 Å². The number of nitrogens with zero attached hydrogens (tertiary/aromatic N) is 2. The molecule has 1 aromatic rings. The molecule has 0 aliphatic rings. The van der Waals surface area contributed by atoms with Crippen molar-refractivity contribution in [2.24, 2.45) is 0 Å². The summed E-state index contributed by atoms with van der Waals surface area (Å²) >= 11 is 0. The second-order valence-electron chi connectivity index (χ2n) is 2.78. The summed E-state index contributed by atoms with van der Waals surface area (Å²) in [5.41, 5.74) is 6.44. The molecule has 1 heterocycles. The molecule has 68 valence electrons. The predicted molar refractivity (Wildman–Crippen MR) is 47.1 cm³/mol. The van der Waals surface area contributed by atoms with Crippen LogP contribution in [0.1, 0.15) is 18.5 Å². The Morgan fingerprint density at radius 1 is 1.75 bits per heavy atom. The maximum Gasteiger partial charge on any atom is 0.146 e. The SMILES string of the molecule is COCC(C)c1ncn(N)c1N. The van der Waals surface area contributed by atoms with E-state index in [1.165, 1.54) is 11.0 Å². The molecule has 0 bridgehead atoms. The Morgan fingerprint density at radius 3 is 2.83 bits per heavy atom. The molecule has 0 fully saturated rings. The van der Waals surface area contributed by atoms with Gasteiger partial charge in [0.15, 0.2) is 0 Å². The van der Waals surface area contributed by atoms with Crippen LogP contribution in [0.25, 0.3) is 0 Å². The molecule has 1 atom stereocenters. The first-order chi connectivity index (χ1) is 5.66. The Balaban J connectivity index is 2.80. The zero-order valence-corrected chi connectivity index (χ0v) is 7.32. The Labute approximate surface area is 71.3 Å². The summed E-state index contributed by atoms with van der Waals surface area (Å²) in [6, 6.07) is 0. The number of hydrogen-bond acceptors (Lipinski definition) is 4. The van der Waals surface area contributed by atoms with Crippen LogP contribution in [0.5, 0.6) is 0 Å². The molecule has 1 unspecified atom stereocenters. The van der Waals surface area contributed by atoms with Gasteiger partial charge >= 0.3 is 0 Å². The van der Waals surface area contributed by atoms with Gasteiger partial charge in [-0.15, -0.1) is 0 Å². The fourth-order valence-corrected chi connectivity index (χ4v) is 1.09. The fourth-order valence-electron chi connectivity index (χ4n) is 1.09. The van der Waals surface area contributed by atoms with E-state index in [9.17, 15) is 0 Å². The van der Waals surface area contributed by atoms with Crippen LogP contribution in [-0.2, 0) is 4.74 Å². The highest BCUT2D eigenvalue weighted by Gasteiger charge is 2.13. The average molecular weight is 170 g/mol. The number of nitrogens with two attached hydrogens (primary N) is 2. The topological polar surface area (TPSA) is 79.1 Å². The summed E-state index contributed by atoms with van der Waals surface area (Å²) < 4.78 is 6.28. The highest BCUT2D eigenvalue weighted by Crippen LogP contribution is 2.18. The van der Waals surface area contributed by atoms with Crippen LogP contribution in [0.3, 0.4) is 0 Å². The van der Waals surface area contributed by atoms with E-state index in [-0.39, 0.29) is 5.92 Å². The minimum atomic E-state index is 0.180. The summed E-state index contributed by atoms with van der Waals surface area (Å²) in [7, 11) is 1.64. The van der Waals surface area contributed by atoms with Gasteiger partial charge in [0, 0.05) is 13.0 Å². The monoisotopic (exact) mass is 170 g/mol. The van der Waals surface area contributed by atoms with Crippen molar-refractivity contribution in [3.8, 4) is 0 Å². The first-order valence-corrected chi connectivity index (χ1v) is 3.73. The predicted octanol–water partition coefficient (Wildman–Crippen LogP) is -0.0710. The fraction of sp³-hybridized carbons (Fsp3) is 0.571. The lowest BCUT2D eigenvalue weighted by atomic mass is 10.1. The summed E-state index contributed by atoms with van der Waals surface area (Å²) in [6.07, 6.45) is 1.50. The van der Waals surface area contributed by atoms with Crippen LogP contribution in [0.15, 0.2) is 6.33 Å². The van der Waals surface area contributed by atoms with Gasteiger partial charge in [-0.05, 0) is 0 Å². The number of imidazole rings is 1. The van der Waals surface area contributed by atoms with Crippen molar-refractivity contribution in [1.82, 2.24) is 9.66 Å². The van der Waals surface area contributed by atoms with Crippen molar-refractivity contribution >= 4 is 5.82 Å². The molecular weight excluding hydrogens is 156 g/mol. The Kier molecular flexibility index (Phi) is 2.54. The van der Waals surface area contributed by atoms with Gasteiger partial charge in [0.1, 0.15) is 12.1 Å². The molecule has 4 N–H and O–H groups in total. The molecule has 5 heteroatoms. The van der Waals surface area contributed by atoms with Crippen LogP contribution in [0, 0.1) is 0 Å². The average Bonchev–Trinajstić information content (AvgIpc) is 2.34. The van der Waals surface area contributed by atoms with Crippen LogP contribution in [0.2, 0.25) is 0 Å². The summed E-state index contributed by atoms with van der Waals surface area (Å²) in [4.78, 5) is 4.07. The van der Waals surface area contributed by atoms with Crippen LogP contribution < -0.4 is 11.6 Å². The number of hydrogen-bond donors (Lipinski definition) is 2. The lowest BCUT2D eigenvalue weighted by Gasteiger charge is -2.07. The van der Waals surface area contributed by atoms with E-state index in [0.717, 1.165) is 5.69 Å². The second-order valence-corrected chi connectivity index (χ2v) is 2.78. The molecule has 0 spiro atoms. The molecule has 0 radical (unpaired) electrons. The molecule has 0 aromatic carbocycles. The van der Waals surface area contributed by atoms with Crippen molar-refractivity contribution in [1.29, 1.82) is 0 Å². The van der Waals surface area contributed by atoms with E-state index < -0.39 is 0 Å². The van der Waals surface area contributed by atoms with Gasteiger partial charge in [0.25, 0.3) is 0 Å². The normalized spacial score (nSPS) is 13.2. The number of nitrogen functional groups attached to an aromatic ring is 2. The summed E-state index contributed by atoms with van der Waals surface area (Å²) in [5.74, 6) is 6.14. The zero-order chi connectivity index (χ0) is 9.14. The maximum absolute atomic E-state index is 5.65. The molecule has 1 aromatic heterocycles. The first-order valence-electron chi connectivity index (χ1n) is 3.73. The van der Waals surface area contributed by atoms with E-state index in [0.29, 0.717) is 12.4 Å². The summed E-state index contributed by atoms with van der Waals surface area (Å²) in [6.45, 7) is 2.59. The molecule has 0 aliphatic heterocycles. The Hall–Kier alpha value is -1.23. The van der Waals surface area contributed by atoms with Crippen molar-refractivity contribution in [2.45, 2.75) is 12.8 Å². The first kappa shape index (κ1) is 8.86. The molecule has 1 rings (SSSR count). The second kappa shape index (κ2) is 3.44. The largest absolute Gasteiger partial charge is 0.384 e. The van der Waals surface area contributed by atoms with Crippen LogP contribution >= 0.6 is 0 Å². The molecule has 0 aliphatic carbocycles. The molecule has 12 heavy (non-hydrogen) atoms. The third-order valence-corrected chi connectivity index (χ3v) is 1.75. The van der Waals surface area contributed by atoms with Gasteiger partial charge in [-0.25, -0.2) is 9.66 Å². The minimum Gasteiger partial charge on any atom is -0.384 e. The van der Waals surface area contributed by atoms with Crippen molar-refractivity contribution in [3.05, 3.63) is 12.0 Å². The Bertz CT molecular complexity index is 258.